The van der Waals surface area contributed by atoms with Crippen LogP contribution in [-0.2, 0) is 0 Å². The third-order valence-electron chi connectivity index (χ3n) is 4.09. The van der Waals surface area contributed by atoms with Gasteiger partial charge in [0.15, 0.2) is 0 Å². The maximum Gasteiger partial charge on any atom is 0.283 e. The van der Waals surface area contributed by atoms with E-state index in [9.17, 15) is 4.79 Å². The molecular weight excluding hydrogens is 352 g/mol. The van der Waals surface area contributed by atoms with Crippen LogP contribution in [0.5, 0.6) is 0 Å². The lowest BCUT2D eigenvalue weighted by atomic mass is 10.0. The summed E-state index contributed by atoms with van der Waals surface area (Å²) in [4.78, 5) is 13.0. The topological polar surface area (TPSA) is 41.5 Å². The van der Waals surface area contributed by atoms with Crippen LogP contribution in [0, 0.1) is 20.8 Å². The molecule has 25 heavy (non-hydrogen) atoms. The van der Waals surface area contributed by atoms with Crippen LogP contribution in [-0.4, -0.2) is 11.6 Å². The van der Waals surface area contributed by atoms with Gasteiger partial charge in [-0.2, -0.15) is 5.10 Å². The minimum Gasteiger partial charge on any atom is -0.266 e. The first kappa shape index (κ1) is 17.6. The van der Waals surface area contributed by atoms with Gasteiger partial charge in [-0.15, -0.1) is 11.3 Å². The van der Waals surface area contributed by atoms with Crippen molar-refractivity contribution in [1.82, 2.24) is 5.43 Å². The highest BCUT2D eigenvalue weighted by molar-refractivity contribution is 7.21. The molecule has 2 aromatic carbocycles. The van der Waals surface area contributed by atoms with Gasteiger partial charge in [-0.25, -0.2) is 5.43 Å². The average Bonchev–Trinajstić information content (AvgIpc) is 2.88. The minimum absolute atomic E-state index is 0.284. The normalized spacial score (nSPS) is 11.8. The molecule has 0 spiro atoms. The van der Waals surface area contributed by atoms with Crippen LogP contribution in [0.25, 0.3) is 10.1 Å². The average molecular weight is 371 g/mol. The zero-order valence-electron chi connectivity index (χ0n) is 14.6. The molecule has 1 N–H and O–H groups in total. The first-order chi connectivity index (χ1) is 11.9. The lowest BCUT2D eigenvalue weighted by Gasteiger charge is -2.06. The number of carbonyl (C=O) groups is 1. The Morgan fingerprint density at radius 2 is 1.76 bits per heavy atom. The SMILES string of the molecule is C/C(=N\NC(=O)c1sc2cc(C)ccc2c1Cl)c1ccc(C)cc1C. The molecule has 0 aliphatic heterocycles. The summed E-state index contributed by atoms with van der Waals surface area (Å²) in [6.45, 7) is 7.99. The van der Waals surface area contributed by atoms with Crippen molar-refractivity contribution in [2.45, 2.75) is 27.7 Å². The lowest BCUT2D eigenvalue weighted by Crippen LogP contribution is -2.18. The number of hydrogen-bond donors (Lipinski definition) is 1. The van der Waals surface area contributed by atoms with Crippen molar-refractivity contribution in [1.29, 1.82) is 0 Å². The van der Waals surface area contributed by atoms with E-state index in [-0.39, 0.29) is 5.91 Å². The van der Waals surface area contributed by atoms with Crippen LogP contribution in [0.1, 0.15) is 38.8 Å². The smallest absolute Gasteiger partial charge is 0.266 e. The van der Waals surface area contributed by atoms with E-state index in [0.717, 1.165) is 32.5 Å². The number of nitrogens with zero attached hydrogens (tertiary/aromatic N) is 1. The fourth-order valence-electron chi connectivity index (χ4n) is 2.78. The maximum absolute atomic E-state index is 12.5. The van der Waals surface area contributed by atoms with Crippen LogP contribution < -0.4 is 5.43 Å². The number of carbonyl (C=O) groups excluding carboxylic acids is 1. The maximum atomic E-state index is 12.5. The number of rotatable bonds is 3. The van der Waals surface area contributed by atoms with Gasteiger partial charge in [0.25, 0.3) is 5.91 Å². The van der Waals surface area contributed by atoms with Gasteiger partial charge in [0.2, 0.25) is 0 Å². The van der Waals surface area contributed by atoms with E-state index in [0.29, 0.717) is 9.90 Å². The van der Waals surface area contributed by atoms with Gasteiger partial charge in [-0.1, -0.05) is 47.5 Å². The van der Waals surface area contributed by atoms with Crippen LogP contribution >= 0.6 is 22.9 Å². The van der Waals surface area contributed by atoms with Gasteiger partial charge in [0.05, 0.1) is 10.7 Å². The quantitative estimate of drug-likeness (QED) is 0.470. The molecule has 0 fully saturated rings. The van der Waals surface area contributed by atoms with E-state index in [1.165, 1.54) is 16.9 Å². The summed E-state index contributed by atoms with van der Waals surface area (Å²) in [7, 11) is 0. The molecule has 0 saturated carbocycles. The Hall–Kier alpha value is -2.17. The molecule has 3 nitrogen and oxygen atoms in total. The summed E-state index contributed by atoms with van der Waals surface area (Å²) < 4.78 is 1.00. The number of amides is 1. The van der Waals surface area contributed by atoms with Crippen molar-refractivity contribution in [2.24, 2.45) is 5.10 Å². The molecule has 0 atom stereocenters. The molecule has 1 aromatic heterocycles. The molecule has 0 aliphatic rings. The van der Waals surface area contributed by atoms with Crippen molar-refractivity contribution in [3.05, 3.63) is 68.6 Å². The first-order valence-electron chi connectivity index (χ1n) is 7.97. The van der Waals surface area contributed by atoms with Crippen LogP contribution in [0.15, 0.2) is 41.5 Å². The molecule has 0 unspecified atom stereocenters. The summed E-state index contributed by atoms with van der Waals surface area (Å²) >= 11 is 7.77. The second-order valence-electron chi connectivity index (χ2n) is 6.20. The zero-order valence-corrected chi connectivity index (χ0v) is 16.2. The Bertz CT molecular complexity index is 1000. The van der Waals surface area contributed by atoms with Gasteiger partial charge in [-0.05, 0) is 44.9 Å². The number of hydrazone groups is 1. The van der Waals surface area contributed by atoms with Crippen LogP contribution in [0.3, 0.4) is 0 Å². The van der Waals surface area contributed by atoms with Crippen molar-refractivity contribution in [3.8, 4) is 0 Å². The third kappa shape index (κ3) is 3.60. The number of halogens is 1. The van der Waals surface area contributed by atoms with Crippen molar-refractivity contribution in [3.63, 3.8) is 0 Å². The highest BCUT2D eigenvalue weighted by Crippen LogP contribution is 2.35. The molecule has 0 radical (unpaired) electrons. The van der Waals surface area contributed by atoms with E-state index >= 15 is 0 Å². The highest BCUT2D eigenvalue weighted by Gasteiger charge is 2.17. The number of hydrogen-bond acceptors (Lipinski definition) is 3. The van der Waals surface area contributed by atoms with Gasteiger partial charge < -0.3 is 0 Å². The van der Waals surface area contributed by atoms with Gasteiger partial charge in [0.1, 0.15) is 4.88 Å². The van der Waals surface area contributed by atoms with Gasteiger partial charge >= 0.3 is 0 Å². The van der Waals surface area contributed by atoms with E-state index < -0.39 is 0 Å². The fraction of sp³-hybridized carbons (Fsp3) is 0.200. The van der Waals surface area contributed by atoms with E-state index in [1.54, 1.807) is 0 Å². The molecule has 0 bridgehead atoms. The lowest BCUT2D eigenvalue weighted by molar-refractivity contribution is 0.0959. The Morgan fingerprint density at radius 3 is 2.48 bits per heavy atom. The summed E-state index contributed by atoms with van der Waals surface area (Å²) in [5, 5.41) is 5.64. The second kappa shape index (κ2) is 6.98. The molecule has 1 amide bonds. The monoisotopic (exact) mass is 370 g/mol. The standard InChI is InChI=1S/C20H19ClN2OS/c1-11-5-7-15(13(3)9-11)14(4)22-23-20(24)19-18(21)16-8-6-12(2)10-17(16)25-19/h5-10H,1-4H3,(H,23,24)/b22-14+. The molecule has 128 valence electrons. The minimum atomic E-state index is -0.284. The van der Waals surface area contributed by atoms with Crippen LogP contribution in [0.2, 0.25) is 5.02 Å². The summed E-state index contributed by atoms with van der Waals surface area (Å²) in [5.74, 6) is -0.284. The Kier molecular flexibility index (Phi) is 4.93. The predicted molar refractivity (Wildman–Crippen MR) is 107 cm³/mol. The number of aryl methyl sites for hydroxylation is 3. The van der Waals surface area contributed by atoms with E-state index in [2.05, 4.69) is 23.5 Å². The summed E-state index contributed by atoms with van der Waals surface area (Å²) in [6, 6.07) is 12.1. The molecule has 0 aliphatic carbocycles. The summed E-state index contributed by atoms with van der Waals surface area (Å²) in [5.41, 5.74) is 7.88. The fourth-order valence-corrected chi connectivity index (χ4v) is 4.29. The zero-order chi connectivity index (χ0) is 18.1. The highest BCUT2D eigenvalue weighted by atomic mass is 35.5. The number of fused-ring (bicyclic) bond motifs is 1. The van der Waals surface area contributed by atoms with Crippen molar-refractivity contribution < 1.29 is 4.79 Å². The first-order valence-corrected chi connectivity index (χ1v) is 9.17. The molecule has 1 heterocycles. The van der Waals surface area contributed by atoms with Crippen molar-refractivity contribution >= 4 is 44.6 Å². The number of thiophene rings is 1. The molecule has 0 saturated heterocycles. The van der Waals surface area contributed by atoms with Crippen molar-refractivity contribution in [2.75, 3.05) is 0 Å². The van der Waals surface area contributed by atoms with E-state index in [4.69, 9.17) is 11.6 Å². The Morgan fingerprint density at radius 1 is 1.08 bits per heavy atom. The second-order valence-corrected chi connectivity index (χ2v) is 7.63. The third-order valence-corrected chi connectivity index (χ3v) is 5.74. The predicted octanol–water partition coefficient (Wildman–Crippen LogP) is 5.63. The van der Waals surface area contributed by atoms with Crippen LogP contribution in [0.4, 0.5) is 0 Å². The van der Waals surface area contributed by atoms with Gasteiger partial charge in [0, 0.05) is 15.6 Å². The Balaban J connectivity index is 1.86. The largest absolute Gasteiger partial charge is 0.283 e. The summed E-state index contributed by atoms with van der Waals surface area (Å²) in [6.07, 6.45) is 0. The molecule has 5 heteroatoms. The number of benzene rings is 2. The van der Waals surface area contributed by atoms with E-state index in [1.807, 2.05) is 51.1 Å². The Labute approximate surface area is 156 Å². The molecule has 3 rings (SSSR count). The van der Waals surface area contributed by atoms with Gasteiger partial charge in [-0.3, -0.25) is 4.79 Å². The number of nitrogens with one attached hydrogen (secondary N) is 1. The molecular formula is C20H19ClN2OS. The molecule has 3 aromatic rings.